The number of carbonyl (C=O) groups excluding carboxylic acids is 1. The summed E-state index contributed by atoms with van der Waals surface area (Å²) >= 11 is 1.75. The van der Waals surface area contributed by atoms with Gasteiger partial charge in [-0.25, -0.2) is 0 Å². The van der Waals surface area contributed by atoms with Gasteiger partial charge in [0, 0.05) is 28.7 Å². The number of benzene rings is 1. The number of nitrogens with two attached hydrogens (primary N) is 1. The Labute approximate surface area is 147 Å². The van der Waals surface area contributed by atoms with E-state index in [0.29, 0.717) is 0 Å². The molecule has 126 valence electrons. The number of anilines is 1. The molecule has 0 spiro atoms. The number of amides is 1. The first-order chi connectivity index (χ1) is 11.7. The van der Waals surface area contributed by atoms with E-state index < -0.39 is 5.54 Å². The van der Waals surface area contributed by atoms with Gasteiger partial charge in [-0.05, 0) is 48.7 Å². The van der Waals surface area contributed by atoms with Gasteiger partial charge in [-0.2, -0.15) is 0 Å². The normalized spacial score (nSPS) is 16.5. The fourth-order valence-corrected chi connectivity index (χ4v) is 3.78. The van der Waals surface area contributed by atoms with Crippen molar-refractivity contribution in [1.82, 2.24) is 4.98 Å². The van der Waals surface area contributed by atoms with Crippen LogP contribution in [0.2, 0.25) is 0 Å². The largest absolute Gasteiger partial charge is 0.324 e. The van der Waals surface area contributed by atoms with Crippen molar-refractivity contribution >= 4 is 23.4 Å². The Hall–Kier alpha value is -1.85. The lowest BCUT2D eigenvalue weighted by molar-refractivity contribution is -0.122. The summed E-state index contributed by atoms with van der Waals surface area (Å²) in [7, 11) is 0. The van der Waals surface area contributed by atoms with Crippen LogP contribution in [0, 0.1) is 0 Å². The molecule has 1 fully saturated rings. The van der Waals surface area contributed by atoms with Crippen molar-refractivity contribution in [2.45, 2.75) is 48.3 Å². The van der Waals surface area contributed by atoms with E-state index in [-0.39, 0.29) is 5.91 Å². The van der Waals surface area contributed by atoms with Crippen LogP contribution in [-0.2, 0) is 10.5 Å². The van der Waals surface area contributed by atoms with Gasteiger partial charge in [-0.3, -0.25) is 9.78 Å². The number of hydrogen-bond donors (Lipinski definition) is 2. The molecular formula is C19H23N3OS. The number of rotatable bonds is 5. The molecule has 3 N–H and O–H groups in total. The van der Waals surface area contributed by atoms with Crippen molar-refractivity contribution in [1.29, 1.82) is 0 Å². The minimum Gasteiger partial charge on any atom is -0.324 e. The standard InChI is InChI=1S/C19H23N3OS/c20-19(10-2-1-3-11-19)18(23)22-16-6-8-17(9-7-16)24-14-15-5-4-12-21-13-15/h4-9,12-13H,1-3,10-11,14,20H2,(H,22,23). The van der Waals surface area contributed by atoms with E-state index in [1.165, 1.54) is 12.0 Å². The van der Waals surface area contributed by atoms with Gasteiger partial charge in [0.25, 0.3) is 0 Å². The van der Waals surface area contributed by atoms with E-state index in [9.17, 15) is 4.79 Å². The summed E-state index contributed by atoms with van der Waals surface area (Å²) in [6.45, 7) is 0. The molecule has 0 aliphatic heterocycles. The number of pyridine rings is 1. The fraction of sp³-hybridized carbons (Fsp3) is 0.368. The molecule has 0 radical (unpaired) electrons. The summed E-state index contributed by atoms with van der Waals surface area (Å²) in [6.07, 6.45) is 8.46. The highest BCUT2D eigenvalue weighted by Gasteiger charge is 2.35. The van der Waals surface area contributed by atoms with E-state index in [0.717, 1.165) is 42.0 Å². The molecule has 1 saturated carbocycles. The lowest BCUT2D eigenvalue weighted by Gasteiger charge is -2.31. The summed E-state index contributed by atoms with van der Waals surface area (Å²) in [4.78, 5) is 17.7. The molecule has 0 bridgehead atoms. The second-order valence-electron chi connectivity index (χ2n) is 6.35. The van der Waals surface area contributed by atoms with Crippen molar-refractivity contribution in [3.63, 3.8) is 0 Å². The molecule has 2 aromatic rings. The van der Waals surface area contributed by atoms with Crippen LogP contribution in [-0.4, -0.2) is 16.4 Å². The molecule has 0 saturated heterocycles. The van der Waals surface area contributed by atoms with Crippen molar-refractivity contribution in [3.8, 4) is 0 Å². The number of nitrogens with one attached hydrogen (secondary N) is 1. The van der Waals surface area contributed by atoms with E-state index in [4.69, 9.17) is 5.73 Å². The molecule has 0 atom stereocenters. The van der Waals surface area contributed by atoms with Gasteiger partial charge in [-0.15, -0.1) is 11.8 Å². The Bertz CT molecular complexity index is 667. The van der Waals surface area contributed by atoms with E-state index in [1.54, 1.807) is 18.0 Å². The molecule has 3 rings (SSSR count). The van der Waals surface area contributed by atoms with E-state index in [2.05, 4.69) is 16.4 Å². The van der Waals surface area contributed by atoms with Gasteiger partial charge >= 0.3 is 0 Å². The monoisotopic (exact) mass is 341 g/mol. The predicted molar refractivity (Wildman–Crippen MR) is 98.9 cm³/mol. The average Bonchev–Trinajstić information content (AvgIpc) is 2.62. The number of aromatic nitrogens is 1. The van der Waals surface area contributed by atoms with Crippen LogP contribution in [0.3, 0.4) is 0 Å². The lowest BCUT2D eigenvalue weighted by Crippen LogP contribution is -2.52. The molecule has 5 heteroatoms. The Kier molecular flexibility index (Phi) is 5.53. The van der Waals surface area contributed by atoms with Crippen LogP contribution in [0.15, 0.2) is 53.7 Å². The van der Waals surface area contributed by atoms with Gasteiger partial charge in [0.1, 0.15) is 0 Å². The molecule has 1 aromatic heterocycles. The average molecular weight is 341 g/mol. The van der Waals surface area contributed by atoms with Crippen LogP contribution in [0.1, 0.15) is 37.7 Å². The molecule has 0 unspecified atom stereocenters. The van der Waals surface area contributed by atoms with Crippen LogP contribution >= 0.6 is 11.8 Å². The molecule has 1 aromatic carbocycles. The topological polar surface area (TPSA) is 68.0 Å². The Morgan fingerprint density at radius 2 is 1.92 bits per heavy atom. The second kappa shape index (κ2) is 7.81. The maximum Gasteiger partial charge on any atom is 0.244 e. The van der Waals surface area contributed by atoms with Gasteiger partial charge in [-0.1, -0.05) is 25.3 Å². The maximum atomic E-state index is 12.4. The number of carbonyl (C=O) groups is 1. The van der Waals surface area contributed by atoms with Gasteiger partial charge in [0.2, 0.25) is 5.91 Å². The zero-order valence-corrected chi connectivity index (χ0v) is 14.5. The molecule has 1 amide bonds. The Balaban J connectivity index is 1.55. The summed E-state index contributed by atoms with van der Waals surface area (Å²) in [6, 6.07) is 12.0. The summed E-state index contributed by atoms with van der Waals surface area (Å²) in [5.41, 5.74) is 7.57. The predicted octanol–water partition coefficient (Wildman–Crippen LogP) is 3.97. The second-order valence-corrected chi connectivity index (χ2v) is 7.39. The third-order valence-corrected chi connectivity index (χ3v) is 5.52. The highest BCUT2D eigenvalue weighted by Crippen LogP contribution is 2.28. The van der Waals surface area contributed by atoms with Gasteiger partial charge in [0.15, 0.2) is 0 Å². The Morgan fingerprint density at radius 3 is 2.58 bits per heavy atom. The third-order valence-electron chi connectivity index (χ3n) is 4.44. The number of nitrogens with zero attached hydrogens (tertiary/aromatic N) is 1. The van der Waals surface area contributed by atoms with Crippen LogP contribution < -0.4 is 11.1 Å². The fourth-order valence-electron chi connectivity index (χ4n) is 2.95. The minimum atomic E-state index is -0.702. The zero-order valence-electron chi connectivity index (χ0n) is 13.7. The van der Waals surface area contributed by atoms with Crippen molar-refractivity contribution < 1.29 is 4.79 Å². The van der Waals surface area contributed by atoms with Crippen molar-refractivity contribution in [2.75, 3.05) is 5.32 Å². The smallest absolute Gasteiger partial charge is 0.244 e. The van der Waals surface area contributed by atoms with Crippen LogP contribution in [0.25, 0.3) is 0 Å². The van der Waals surface area contributed by atoms with Crippen LogP contribution in [0.4, 0.5) is 5.69 Å². The molecule has 1 heterocycles. The van der Waals surface area contributed by atoms with Gasteiger partial charge < -0.3 is 11.1 Å². The quantitative estimate of drug-likeness (QED) is 0.807. The lowest BCUT2D eigenvalue weighted by atomic mass is 9.82. The van der Waals surface area contributed by atoms with Gasteiger partial charge in [0.05, 0.1) is 5.54 Å². The zero-order chi connectivity index (χ0) is 16.8. The molecular weight excluding hydrogens is 318 g/mol. The third kappa shape index (κ3) is 4.36. The first kappa shape index (κ1) is 17.0. The van der Waals surface area contributed by atoms with E-state index >= 15 is 0 Å². The summed E-state index contributed by atoms with van der Waals surface area (Å²) in [5, 5.41) is 2.97. The first-order valence-electron chi connectivity index (χ1n) is 8.38. The molecule has 4 nitrogen and oxygen atoms in total. The maximum absolute atomic E-state index is 12.4. The minimum absolute atomic E-state index is 0.0574. The number of hydrogen-bond acceptors (Lipinski definition) is 4. The van der Waals surface area contributed by atoms with Crippen molar-refractivity contribution in [3.05, 3.63) is 54.4 Å². The Morgan fingerprint density at radius 1 is 1.17 bits per heavy atom. The highest BCUT2D eigenvalue weighted by molar-refractivity contribution is 7.98. The van der Waals surface area contributed by atoms with E-state index in [1.807, 2.05) is 36.5 Å². The van der Waals surface area contributed by atoms with Crippen molar-refractivity contribution in [2.24, 2.45) is 5.73 Å². The summed E-state index contributed by atoms with van der Waals surface area (Å²) in [5.74, 6) is 0.823. The SMILES string of the molecule is NC1(C(=O)Nc2ccc(SCc3cccnc3)cc2)CCCCC1. The van der Waals surface area contributed by atoms with Crippen LogP contribution in [0.5, 0.6) is 0 Å². The first-order valence-corrected chi connectivity index (χ1v) is 9.36. The molecule has 24 heavy (non-hydrogen) atoms. The summed E-state index contributed by atoms with van der Waals surface area (Å²) < 4.78 is 0. The molecule has 1 aliphatic rings. The number of thioether (sulfide) groups is 1. The molecule has 1 aliphatic carbocycles. The highest BCUT2D eigenvalue weighted by atomic mass is 32.2.